The molecule has 0 aliphatic carbocycles. The number of halogens is 1. The number of hydrogen-bond acceptors (Lipinski definition) is 4. The lowest BCUT2D eigenvalue weighted by Crippen LogP contribution is -2.28. The van der Waals surface area contributed by atoms with Gasteiger partial charge in [0.1, 0.15) is 11.6 Å². The molecular weight excluding hydrogens is 277 g/mol. The highest BCUT2D eigenvalue weighted by Gasteiger charge is 2.11. The van der Waals surface area contributed by atoms with Crippen molar-refractivity contribution in [1.29, 1.82) is 0 Å². The lowest BCUT2D eigenvalue weighted by Gasteiger charge is -2.06. The summed E-state index contributed by atoms with van der Waals surface area (Å²) in [5.41, 5.74) is 0.235. The average Bonchev–Trinajstić information content (AvgIpc) is 2.99. The van der Waals surface area contributed by atoms with Gasteiger partial charge in [-0.3, -0.25) is 9.59 Å². The third-order valence-corrected chi connectivity index (χ3v) is 2.70. The molecule has 1 N–H and O–H groups in total. The first-order valence-electron chi connectivity index (χ1n) is 6.33. The first kappa shape index (κ1) is 14.8. The minimum absolute atomic E-state index is 0.210. The molecule has 1 amide bonds. The van der Waals surface area contributed by atoms with Gasteiger partial charge in [0.05, 0.1) is 19.2 Å². The summed E-state index contributed by atoms with van der Waals surface area (Å²) in [6, 6.07) is 9.33. The van der Waals surface area contributed by atoms with Gasteiger partial charge in [-0.05, 0) is 23.8 Å². The Morgan fingerprint density at radius 2 is 2.00 bits per heavy atom. The fraction of sp³-hybridized carbons (Fsp3) is 0.200. The maximum atomic E-state index is 13.3. The van der Waals surface area contributed by atoms with Crippen LogP contribution < -0.4 is 5.32 Å². The van der Waals surface area contributed by atoms with E-state index in [1.165, 1.54) is 24.5 Å². The van der Waals surface area contributed by atoms with Crippen molar-refractivity contribution in [2.24, 2.45) is 0 Å². The quantitative estimate of drug-likeness (QED) is 0.824. The highest BCUT2D eigenvalue weighted by Crippen LogP contribution is 2.07. The number of carbonyl (C=O) groups is 2. The number of carbonyl (C=O) groups excluding carboxylic acids is 2. The third-order valence-electron chi connectivity index (χ3n) is 2.70. The minimum Gasteiger partial charge on any atom is -0.467 e. The maximum absolute atomic E-state index is 13.3. The second-order valence-corrected chi connectivity index (χ2v) is 4.28. The number of amides is 1. The molecular formula is C15H14FNO4. The van der Waals surface area contributed by atoms with Crippen LogP contribution in [0, 0.1) is 5.82 Å². The van der Waals surface area contributed by atoms with Crippen LogP contribution in [0.15, 0.2) is 47.1 Å². The highest BCUT2D eigenvalue weighted by atomic mass is 19.1. The predicted molar refractivity (Wildman–Crippen MR) is 71.6 cm³/mol. The summed E-state index contributed by atoms with van der Waals surface area (Å²) in [6.45, 7) is -0.190. The van der Waals surface area contributed by atoms with Gasteiger partial charge in [-0.1, -0.05) is 18.2 Å². The van der Waals surface area contributed by atoms with Crippen LogP contribution in [0.1, 0.15) is 11.3 Å². The summed E-state index contributed by atoms with van der Waals surface area (Å²) in [7, 11) is 0. The van der Waals surface area contributed by atoms with Crippen LogP contribution in [0.2, 0.25) is 0 Å². The van der Waals surface area contributed by atoms with Gasteiger partial charge in [-0.15, -0.1) is 0 Å². The van der Waals surface area contributed by atoms with E-state index < -0.39 is 24.3 Å². The van der Waals surface area contributed by atoms with Crippen molar-refractivity contribution in [2.45, 2.75) is 13.0 Å². The van der Waals surface area contributed by atoms with Crippen LogP contribution in [0.25, 0.3) is 0 Å². The van der Waals surface area contributed by atoms with Gasteiger partial charge in [-0.2, -0.15) is 0 Å². The Bertz CT molecular complexity index is 610. The van der Waals surface area contributed by atoms with Crippen LogP contribution in [-0.2, 0) is 27.3 Å². The average molecular weight is 291 g/mol. The number of benzene rings is 1. The molecule has 110 valence electrons. The molecule has 21 heavy (non-hydrogen) atoms. The molecule has 0 spiro atoms. The van der Waals surface area contributed by atoms with E-state index in [9.17, 15) is 14.0 Å². The van der Waals surface area contributed by atoms with Gasteiger partial charge in [0.15, 0.2) is 6.61 Å². The van der Waals surface area contributed by atoms with Crippen molar-refractivity contribution in [1.82, 2.24) is 5.32 Å². The molecule has 6 heteroatoms. The zero-order valence-electron chi connectivity index (χ0n) is 11.2. The van der Waals surface area contributed by atoms with Crippen molar-refractivity contribution in [2.75, 3.05) is 6.61 Å². The monoisotopic (exact) mass is 291 g/mol. The third kappa shape index (κ3) is 4.76. The molecule has 1 heterocycles. The van der Waals surface area contributed by atoms with E-state index in [4.69, 9.17) is 9.15 Å². The molecule has 1 aromatic heterocycles. The predicted octanol–water partition coefficient (Wildman–Crippen LogP) is 1.82. The van der Waals surface area contributed by atoms with E-state index in [1.807, 2.05) is 0 Å². The largest absolute Gasteiger partial charge is 0.467 e. The van der Waals surface area contributed by atoms with Crippen molar-refractivity contribution in [3.8, 4) is 0 Å². The molecule has 0 saturated carbocycles. The fourth-order valence-corrected chi connectivity index (χ4v) is 1.64. The Morgan fingerprint density at radius 1 is 1.19 bits per heavy atom. The minimum atomic E-state index is -0.659. The van der Waals surface area contributed by atoms with E-state index in [0.717, 1.165) is 0 Å². The number of hydrogen-bond donors (Lipinski definition) is 1. The molecule has 0 atom stereocenters. The van der Waals surface area contributed by atoms with Gasteiger partial charge < -0.3 is 14.5 Å². The molecule has 0 unspecified atom stereocenters. The van der Waals surface area contributed by atoms with Crippen molar-refractivity contribution < 1.29 is 23.1 Å². The number of rotatable bonds is 6. The summed E-state index contributed by atoms with van der Waals surface area (Å²) in [5, 5.41) is 2.53. The fourth-order valence-electron chi connectivity index (χ4n) is 1.64. The van der Waals surface area contributed by atoms with E-state index in [2.05, 4.69) is 5.32 Å². The lowest BCUT2D eigenvalue weighted by molar-refractivity contribution is -0.148. The Balaban J connectivity index is 1.71. The Hall–Kier alpha value is -2.63. The van der Waals surface area contributed by atoms with Crippen molar-refractivity contribution >= 4 is 11.9 Å². The summed E-state index contributed by atoms with van der Waals surface area (Å²) in [5.74, 6) is -0.987. The highest BCUT2D eigenvalue weighted by molar-refractivity contribution is 5.81. The molecule has 2 rings (SSSR count). The number of furan rings is 1. The van der Waals surface area contributed by atoms with Gasteiger partial charge in [0.2, 0.25) is 0 Å². The summed E-state index contributed by atoms with van der Waals surface area (Å²) >= 11 is 0. The Kier molecular flexibility index (Phi) is 5.09. The van der Waals surface area contributed by atoms with E-state index in [1.54, 1.807) is 18.2 Å². The molecule has 0 aliphatic heterocycles. The molecule has 0 radical (unpaired) electrons. The van der Waals surface area contributed by atoms with Gasteiger partial charge >= 0.3 is 5.97 Å². The number of nitrogens with one attached hydrogen (secondary N) is 1. The van der Waals surface area contributed by atoms with E-state index >= 15 is 0 Å². The smallest absolute Gasteiger partial charge is 0.310 e. The van der Waals surface area contributed by atoms with E-state index in [-0.39, 0.29) is 18.5 Å². The molecule has 0 saturated heterocycles. The maximum Gasteiger partial charge on any atom is 0.310 e. The van der Waals surface area contributed by atoms with Gasteiger partial charge in [0.25, 0.3) is 5.91 Å². The first-order valence-corrected chi connectivity index (χ1v) is 6.33. The van der Waals surface area contributed by atoms with Crippen LogP contribution in [0.4, 0.5) is 4.39 Å². The van der Waals surface area contributed by atoms with Gasteiger partial charge in [-0.25, -0.2) is 4.39 Å². The summed E-state index contributed by atoms with van der Waals surface area (Å²) in [4.78, 5) is 23.0. The normalized spacial score (nSPS) is 10.1. The lowest BCUT2D eigenvalue weighted by atomic mass is 10.1. The number of ether oxygens (including phenoxy) is 1. The molecule has 0 bridgehead atoms. The topological polar surface area (TPSA) is 68.5 Å². The van der Waals surface area contributed by atoms with E-state index in [0.29, 0.717) is 5.76 Å². The Morgan fingerprint density at radius 3 is 2.71 bits per heavy atom. The zero-order valence-corrected chi connectivity index (χ0v) is 11.2. The Labute approximate surface area is 120 Å². The standard InChI is InChI=1S/C15H14FNO4/c16-13-6-2-1-4-11(13)8-15(19)21-10-14(18)17-9-12-5-3-7-20-12/h1-7H,8-10H2,(H,17,18). The number of esters is 1. The van der Waals surface area contributed by atoms with Crippen molar-refractivity contribution in [3.63, 3.8) is 0 Å². The first-order chi connectivity index (χ1) is 10.1. The molecule has 0 aliphatic rings. The SMILES string of the molecule is O=C(COC(=O)Cc1ccccc1F)NCc1ccco1. The molecule has 1 aromatic carbocycles. The molecule has 2 aromatic rings. The zero-order chi connectivity index (χ0) is 15.1. The van der Waals surface area contributed by atoms with Crippen molar-refractivity contribution in [3.05, 3.63) is 59.8 Å². The summed E-state index contributed by atoms with van der Waals surface area (Å²) < 4.78 is 23.2. The second-order valence-electron chi connectivity index (χ2n) is 4.28. The van der Waals surface area contributed by atoms with Crippen LogP contribution >= 0.6 is 0 Å². The van der Waals surface area contributed by atoms with Gasteiger partial charge in [0, 0.05) is 0 Å². The molecule has 5 nitrogen and oxygen atoms in total. The van der Waals surface area contributed by atoms with Crippen LogP contribution in [0.5, 0.6) is 0 Å². The summed E-state index contributed by atoms with van der Waals surface area (Å²) in [6.07, 6.45) is 1.29. The molecule has 0 fully saturated rings. The second kappa shape index (κ2) is 7.23. The van der Waals surface area contributed by atoms with Crippen LogP contribution in [-0.4, -0.2) is 18.5 Å². The van der Waals surface area contributed by atoms with Crippen LogP contribution in [0.3, 0.4) is 0 Å².